The topological polar surface area (TPSA) is 58.6 Å². The predicted molar refractivity (Wildman–Crippen MR) is 161 cm³/mol. The van der Waals surface area contributed by atoms with Crippen molar-refractivity contribution in [2.75, 3.05) is 6.61 Å². The second-order valence-electron chi connectivity index (χ2n) is 10.9. The number of amides is 2. The van der Waals surface area contributed by atoms with E-state index in [0.29, 0.717) is 13.0 Å². The molecule has 0 spiro atoms. The summed E-state index contributed by atoms with van der Waals surface area (Å²) < 4.78 is 5.77. The number of nitrogens with one attached hydrogen (secondary N) is 1. The number of carbonyl (C=O) groups is 2. The Kier molecular flexibility index (Phi) is 7.68. The van der Waals surface area contributed by atoms with E-state index in [9.17, 15) is 9.59 Å². The van der Waals surface area contributed by atoms with E-state index >= 15 is 0 Å². The van der Waals surface area contributed by atoms with Crippen LogP contribution < -0.4 is 5.32 Å². The summed E-state index contributed by atoms with van der Waals surface area (Å²) in [5.41, 5.74) is 8.03. The summed E-state index contributed by atoms with van der Waals surface area (Å²) in [6, 6.07) is 34.4. The number of aryl methyl sites for hydroxylation is 1. The lowest BCUT2D eigenvalue weighted by atomic mass is 9.97. The van der Waals surface area contributed by atoms with Gasteiger partial charge in [0, 0.05) is 24.9 Å². The second-order valence-corrected chi connectivity index (χ2v) is 10.9. The minimum absolute atomic E-state index is 0.00674. The zero-order valence-corrected chi connectivity index (χ0v) is 23.2. The van der Waals surface area contributed by atoms with Crippen LogP contribution in [0.3, 0.4) is 0 Å². The highest BCUT2D eigenvalue weighted by molar-refractivity contribution is 5.80. The Morgan fingerprint density at radius 1 is 0.854 bits per heavy atom. The van der Waals surface area contributed by atoms with Crippen LogP contribution in [0.1, 0.15) is 52.6 Å². The van der Waals surface area contributed by atoms with E-state index in [-0.39, 0.29) is 36.9 Å². The van der Waals surface area contributed by atoms with Crippen LogP contribution in [0.25, 0.3) is 11.1 Å². The molecule has 6 rings (SSSR count). The average molecular weight is 543 g/mol. The number of hydrogen-bond acceptors (Lipinski definition) is 3. The lowest BCUT2D eigenvalue weighted by Gasteiger charge is -2.33. The maximum Gasteiger partial charge on any atom is 0.407 e. The summed E-state index contributed by atoms with van der Waals surface area (Å²) in [4.78, 5) is 28.7. The maximum atomic E-state index is 13.8. The van der Waals surface area contributed by atoms with Crippen molar-refractivity contribution in [3.63, 3.8) is 0 Å². The van der Waals surface area contributed by atoms with Crippen molar-refractivity contribution in [2.24, 2.45) is 0 Å². The van der Waals surface area contributed by atoms with E-state index in [2.05, 4.69) is 72.9 Å². The van der Waals surface area contributed by atoms with E-state index in [4.69, 9.17) is 4.74 Å². The number of fused-ring (bicyclic) bond motifs is 3. The van der Waals surface area contributed by atoms with E-state index < -0.39 is 6.09 Å². The van der Waals surface area contributed by atoms with Crippen molar-refractivity contribution in [1.82, 2.24) is 10.2 Å². The number of ether oxygens (including phenoxy) is 1. The molecule has 0 saturated heterocycles. The molecule has 2 atom stereocenters. The molecule has 1 N–H and O–H groups in total. The first-order valence-corrected chi connectivity index (χ1v) is 14.2. The predicted octanol–water partition coefficient (Wildman–Crippen LogP) is 7.32. The molecule has 0 radical (unpaired) electrons. The van der Waals surface area contributed by atoms with Gasteiger partial charge in [-0.2, -0.15) is 0 Å². The molecule has 0 unspecified atom stereocenters. The number of alkyl carbamates (subject to hydrolysis) is 1. The third-order valence-corrected chi connectivity index (χ3v) is 8.10. The van der Waals surface area contributed by atoms with Crippen LogP contribution in [0.5, 0.6) is 0 Å². The van der Waals surface area contributed by atoms with Gasteiger partial charge in [0.25, 0.3) is 0 Å². The third kappa shape index (κ3) is 5.80. The fraction of sp³-hybridized carbons (Fsp3) is 0.222. The summed E-state index contributed by atoms with van der Waals surface area (Å²) in [6.07, 6.45) is 4.41. The molecule has 2 amide bonds. The summed E-state index contributed by atoms with van der Waals surface area (Å²) >= 11 is 0. The van der Waals surface area contributed by atoms with Crippen molar-refractivity contribution in [3.05, 3.63) is 143 Å². The van der Waals surface area contributed by atoms with Crippen LogP contribution >= 0.6 is 0 Å². The minimum atomic E-state index is -0.497. The van der Waals surface area contributed by atoms with E-state index in [1.807, 2.05) is 59.5 Å². The normalized spacial score (nSPS) is 19.0. The highest BCUT2D eigenvalue weighted by atomic mass is 16.5. The molecule has 5 heteroatoms. The molecule has 0 fully saturated rings. The molecule has 0 aromatic heterocycles. The number of carbonyl (C=O) groups excluding carboxylic acids is 2. The Bertz CT molecular complexity index is 1520. The first-order valence-electron chi connectivity index (χ1n) is 14.2. The molecule has 1 aliphatic heterocycles. The summed E-state index contributed by atoms with van der Waals surface area (Å²) in [5.74, 6) is -0.0173. The van der Waals surface area contributed by atoms with Gasteiger partial charge in [-0.3, -0.25) is 4.79 Å². The highest BCUT2D eigenvalue weighted by Gasteiger charge is 2.31. The Morgan fingerprint density at radius 2 is 1.49 bits per heavy atom. The van der Waals surface area contributed by atoms with Crippen molar-refractivity contribution in [3.8, 4) is 11.1 Å². The Balaban J connectivity index is 1.16. The number of rotatable bonds is 6. The van der Waals surface area contributed by atoms with Crippen molar-refractivity contribution in [1.29, 1.82) is 0 Å². The molecule has 1 heterocycles. The van der Waals surface area contributed by atoms with Crippen LogP contribution in [0.4, 0.5) is 4.79 Å². The molecular formula is C36H34N2O3. The van der Waals surface area contributed by atoms with Crippen LogP contribution in [-0.4, -0.2) is 29.5 Å². The van der Waals surface area contributed by atoms with Gasteiger partial charge in [0.05, 0.1) is 6.04 Å². The molecule has 206 valence electrons. The second kappa shape index (κ2) is 11.8. The molecule has 5 nitrogen and oxygen atoms in total. The lowest BCUT2D eigenvalue weighted by molar-refractivity contribution is -0.134. The van der Waals surface area contributed by atoms with Gasteiger partial charge in [-0.15, -0.1) is 0 Å². The van der Waals surface area contributed by atoms with Gasteiger partial charge >= 0.3 is 6.09 Å². The van der Waals surface area contributed by atoms with Gasteiger partial charge in [-0.1, -0.05) is 121 Å². The number of hydrogen-bond donors (Lipinski definition) is 1. The minimum Gasteiger partial charge on any atom is -0.449 e. The van der Waals surface area contributed by atoms with E-state index in [1.54, 1.807) is 0 Å². The molecule has 41 heavy (non-hydrogen) atoms. The summed E-state index contributed by atoms with van der Waals surface area (Å²) in [7, 11) is 0. The molecule has 0 bridgehead atoms. The molecule has 4 aromatic carbocycles. The summed E-state index contributed by atoms with van der Waals surface area (Å²) in [5, 5.41) is 2.98. The molecular weight excluding hydrogens is 508 g/mol. The van der Waals surface area contributed by atoms with Crippen molar-refractivity contribution in [2.45, 2.75) is 44.3 Å². The van der Waals surface area contributed by atoms with E-state index in [1.165, 1.54) is 27.8 Å². The Labute approximate surface area is 241 Å². The van der Waals surface area contributed by atoms with Gasteiger partial charge in [0.2, 0.25) is 5.91 Å². The number of nitrogens with zero attached hydrogens (tertiary/aromatic N) is 1. The van der Waals surface area contributed by atoms with E-state index in [0.717, 1.165) is 11.1 Å². The van der Waals surface area contributed by atoms with Crippen molar-refractivity contribution < 1.29 is 14.3 Å². The quantitative estimate of drug-likeness (QED) is 0.260. The SMILES string of the molecule is Cc1ccc([C@H]2/C=C\C[C@H](NC(=O)OCC3c4ccccc4-c4ccccc43)CC(=O)N2Cc2ccccc2)cc1. The first kappa shape index (κ1) is 26.6. The fourth-order valence-corrected chi connectivity index (χ4v) is 5.98. The summed E-state index contributed by atoms with van der Waals surface area (Å²) in [6.45, 7) is 2.79. The third-order valence-electron chi connectivity index (χ3n) is 8.10. The molecule has 4 aromatic rings. The van der Waals surface area contributed by atoms with Crippen LogP contribution in [-0.2, 0) is 16.1 Å². The largest absolute Gasteiger partial charge is 0.449 e. The molecule has 0 saturated carbocycles. The van der Waals surface area contributed by atoms with Gasteiger partial charge in [0.15, 0.2) is 0 Å². The van der Waals surface area contributed by atoms with Gasteiger partial charge < -0.3 is 15.0 Å². The first-order chi connectivity index (χ1) is 20.1. The standard InChI is InChI=1S/C36H34N2O3/c1-25-18-20-27(21-19-25)34-17-9-12-28(22-35(39)38(34)23-26-10-3-2-4-11-26)37-36(40)41-24-33-31-15-7-5-13-29(31)30-14-6-8-16-32(30)33/h2-11,13-21,28,33-34H,12,22-24H2,1H3,(H,37,40)/b17-9-/t28-,34+/m0/s1. The molecule has 1 aliphatic carbocycles. The number of benzene rings is 4. The Morgan fingerprint density at radius 3 is 2.17 bits per heavy atom. The Hall–Kier alpha value is -4.64. The van der Waals surface area contributed by atoms with Crippen LogP contribution in [0, 0.1) is 6.92 Å². The highest BCUT2D eigenvalue weighted by Crippen LogP contribution is 2.44. The van der Waals surface area contributed by atoms with Crippen LogP contribution in [0.15, 0.2) is 115 Å². The molecule has 2 aliphatic rings. The van der Waals surface area contributed by atoms with Gasteiger partial charge in [0.1, 0.15) is 6.61 Å². The zero-order valence-electron chi connectivity index (χ0n) is 23.2. The van der Waals surface area contributed by atoms with Gasteiger partial charge in [-0.25, -0.2) is 4.79 Å². The van der Waals surface area contributed by atoms with Gasteiger partial charge in [-0.05, 0) is 46.7 Å². The van der Waals surface area contributed by atoms with Crippen molar-refractivity contribution >= 4 is 12.0 Å². The van der Waals surface area contributed by atoms with Crippen LogP contribution in [0.2, 0.25) is 0 Å². The smallest absolute Gasteiger partial charge is 0.407 e. The average Bonchev–Trinajstić information content (AvgIpc) is 3.31. The fourth-order valence-electron chi connectivity index (χ4n) is 5.98. The maximum absolute atomic E-state index is 13.8. The zero-order chi connectivity index (χ0) is 28.2. The lowest BCUT2D eigenvalue weighted by Crippen LogP contribution is -2.43. The monoisotopic (exact) mass is 542 g/mol.